The number of cyclic esters (lactones) is 1. The second kappa shape index (κ2) is 5.58. The summed E-state index contributed by atoms with van der Waals surface area (Å²) in [6.45, 7) is 1.90. The molecule has 5 nitrogen and oxygen atoms in total. The number of hydrogen-bond donors (Lipinski definition) is 1. The molecular weight excluding hydrogens is 266 g/mol. The molecule has 0 saturated carbocycles. The van der Waals surface area contributed by atoms with Crippen LogP contribution in [0.5, 0.6) is 0 Å². The molecule has 1 aromatic heterocycles. The van der Waals surface area contributed by atoms with Crippen molar-refractivity contribution in [3.63, 3.8) is 0 Å². The van der Waals surface area contributed by atoms with Crippen molar-refractivity contribution >= 4 is 17.7 Å². The van der Waals surface area contributed by atoms with E-state index in [9.17, 15) is 4.79 Å². The Kier molecular flexibility index (Phi) is 3.47. The zero-order valence-electron chi connectivity index (χ0n) is 11.4. The van der Waals surface area contributed by atoms with Gasteiger partial charge in [0, 0.05) is 17.5 Å². The van der Waals surface area contributed by atoms with Crippen LogP contribution in [-0.4, -0.2) is 16.9 Å². The molecule has 2 heterocycles. The van der Waals surface area contributed by atoms with Crippen molar-refractivity contribution in [1.29, 1.82) is 0 Å². The van der Waals surface area contributed by atoms with Gasteiger partial charge in [0.05, 0.1) is 0 Å². The smallest absolute Gasteiger partial charge is 0.365 e. The molecule has 0 atom stereocenters. The van der Waals surface area contributed by atoms with E-state index in [1.807, 2.05) is 55.5 Å². The Morgan fingerprint density at radius 1 is 1.10 bits per heavy atom. The van der Waals surface area contributed by atoms with Crippen LogP contribution < -0.4 is 5.32 Å². The van der Waals surface area contributed by atoms with Gasteiger partial charge >= 0.3 is 5.97 Å². The number of rotatable bonds is 3. The minimum Gasteiger partial charge on any atom is -0.402 e. The SMILES string of the molecule is Cc1cccc(N/C=C2/N=C(c3ccccc3)OC2=O)n1. The maximum absolute atomic E-state index is 11.8. The molecule has 0 saturated heterocycles. The molecule has 0 amide bonds. The van der Waals surface area contributed by atoms with E-state index in [0.717, 1.165) is 11.3 Å². The summed E-state index contributed by atoms with van der Waals surface area (Å²) in [6.07, 6.45) is 1.50. The number of esters is 1. The van der Waals surface area contributed by atoms with Gasteiger partial charge < -0.3 is 10.1 Å². The van der Waals surface area contributed by atoms with Gasteiger partial charge in [-0.3, -0.25) is 0 Å². The number of hydrogen-bond acceptors (Lipinski definition) is 5. The van der Waals surface area contributed by atoms with Gasteiger partial charge in [0.1, 0.15) is 5.82 Å². The number of carbonyl (C=O) groups is 1. The average molecular weight is 279 g/mol. The number of aliphatic imine (C=N–C) groups is 1. The first-order valence-corrected chi connectivity index (χ1v) is 6.49. The highest BCUT2D eigenvalue weighted by Crippen LogP contribution is 2.16. The predicted molar refractivity (Wildman–Crippen MR) is 79.8 cm³/mol. The predicted octanol–water partition coefficient (Wildman–Crippen LogP) is 2.65. The van der Waals surface area contributed by atoms with Crippen molar-refractivity contribution in [2.24, 2.45) is 4.99 Å². The van der Waals surface area contributed by atoms with Crippen molar-refractivity contribution in [2.75, 3.05) is 5.32 Å². The highest BCUT2D eigenvalue weighted by molar-refractivity contribution is 6.11. The molecule has 2 aromatic rings. The number of nitrogens with zero attached hydrogens (tertiary/aromatic N) is 2. The van der Waals surface area contributed by atoms with E-state index in [-0.39, 0.29) is 5.70 Å². The Morgan fingerprint density at radius 2 is 1.90 bits per heavy atom. The summed E-state index contributed by atoms with van der Waals surface area (Å²) in [7, 11) is 0. The van der Waals surface area contributed by atoms with Gasteiger partial charge in [-0.15, -0.1) is 0 Å². The zero-order chi connectivity index (χ0) is 14.7. The van der Waals surface area contributed by atoms with Gasteiger partial charge in [-0.1, -0.05) is 24.3 Å². The number of anilines is 1. The molecule has 1 N–H and O–H groups in total. The average Bonchev–Trinajstić information content (AvgIpc) is 2.87. The maximum atomic E-state index is 11.8. The molecule has 104 valence electrons. The number of aromatic nitrogens is 1. The van der Waals surface area contributed by atoms with Gasteiger partial charge in [-0.25, -0.2) is 14.8 Å². The van der Waals surface area contributed by atoms with Crippen molar-refractivity contribution < 1.29 is 9.53 Å². The van der Waals surface area contributed by atoms with Crippen LogP contribution in [0.4, 0.5) is 5.82 Å². The molecule has 1 aliphatic heterocycles. The van der Waals surface area contributed by atoms with Gasteiger partial charge in [0.15, 0.2) is 5.70 Å². The summed E-state index contributed by atoms with van der Waals surface area (Å²) in [4.78, 5) is 20.3. The number of carbonyl (C=O) groups excluding carboxylic acids is 1. The molecule has 0 aliphatic carbocycles. The van der Waals surface area contributed by atoms with Crippen LogP contribution in [0.25, 0.3) is 0 Å². The molecular formula is C16H13N3O2. The summed E-state index contributed by atoms with van der Waals surface area (Å²) in [5, 5.41) is 2.95. The fourth-order valence-electron chi connectivity index (χ4n) is 1.88. The Bertz CT molecular complexity index is 736. The lowest BCUT2D eigenvalue weighted by Gasteiger charge is -2.00. The van der Waals surface area contributed by atoms with E-state index in [4.69, 9.17) is 4.74 Å². The lowest BCUT2D eigenvalue weighted by atomic mass is 10.2. The van der Waals surface area contributed by atoms with Crippen molar-refractivity contribution in [3.05, 3.63) is 71.7 Å². The fourth-order valence-corrected chi connectivity index (χ4v) is 1.88. The van der Waals surface area contributed by atoms with Gasteiger partial charge in [0.2, 0.25) is 5.90 Å². The molecule has 5 heteroatoms. The Morgan fingerprint density at radius 3 is 2.67 bits per heavy atom. The third-order valence-corrected chi connectivity index (χ3v) is 2.89. The Balaban J connectivity index is 1.80. The van der Waals surface area contributed by atoms with Crippen LogP contribution in [0.2, 0.25) is 0 Å². The highest BCUT2D eigenvalue weighted by atomic mass is 16.6. The molecule has 3 rings (SSSR count). The molecule has 1 aliphatic rings. The number of benzene rings is 1. The molecule has 0 radical (unpaired) electrons. The van der Waals surface area contributed by atoms with Crippen LogP contribution in [-0.2, 0) is 9.53 Å². The monoisotopic (exact) mass is 279 g/mol. The van der Waals surface area contributed by atoms with Crippen molar-refractivity contribution in [2.45, 2.75) is 6.92 Å². The minimum atomic E-state index is -0.478. The lowest BCUT2D eigenvalue weighted by Crippen LogP contribution is -2.05. The minimum absolute atomic E-state index is 0.220. The van der Waals surface area contributed by atoms with Crippen LogP contribution >= 0.6 is 0 Å². The zero-order valence-corrected chi connectivity index (χ0v) is 11.4. The van der Waals surface area contributed by atoms with Crippen LogP contribution in [0.15, 0.2) is 65.4 Å². The Hall–Kier alpha value is -2.95. The highest BCUT2D eigenvalue weighted by Gasteiger charge is 2.23. The molecule has 0 unspecified atom stereocenters. The molecule has 21 heavy (non-hydrogen) atoms. The fraction of sp³-hybridized carbons (Fsp3) is 0.0625. The number of pyridine rings is 1. The first kappa shape index (κ1) is 13.1. The van der Waals surface area contributed by atoms with E-state index in [1.165, 1.54) is 6.20 Å². The molecule has 0 spiro atoms. The van der Waals surface area contributed by atoms with Crippen molar-refractivity contribution in [1.82, 2.24) is 4.98 Å². The summed E-state index contributed by atoms with van der Waals surface area (Å²) in [6, 6.07) is 14.9. The summed E-state index contributed by atoms with van der Waals surface area (Å²) in [5.74, 6) is 0.485. The van der Waals surface area contributed by atoms with Crippen LogP contribution in [0.3, 0.4) is 0 Å². The standard InChI is InChI=1S/C16H13N3O2/c1-11-6-5-9-14(18-11)17-10-13-16(20)21-15(19-13)12-7-3-2-4-8-12/h2-10H,1H3,(H,17,18)/b13-10+. The lowest BCUT2D eigenvalue weighted by molar-refractivity contribution is -0.130. The van der Waals surface area contributed by atoms with E-state index in [0.29, 0.717) is 11.7 Å². The first-order chi connectivity index (χ1) is 10.2. The van der Waals surface area contributed by atoms with Crippen LogP contribution in [0.1, 0.15) is 11.3 Å². The van der Waals surface area contributed by atoms with E-state index >= 15 is 0 Å². The number of aryl methyl sites for hydroxylation is 1. The molecule has 1 aromatic carbocycles. The van der Waals surface area contributed by atoms with Gasteiger partial charge in [-0.05, 0) is 31.2 Å². The molecule has 0 fully saturated rings. The number of nitrogens with one attached hydrogen (secondary N) is 1. The van der Waals surface area contributed by atoms with Gasteiger partial charge in [-0.2, -0.15) is 0 Å². The summed E-state index contributed by atoms with van der Waals surface area (Å²) in [5.41, 5.74) is 1.88. The van der Waals surface area contributed by atoms with E-state index in [2.05, 4.69) is 15.3 Å². The number of ether oxygens (including phenoxy) is 1. The second-order valence-corrected chi connectivity index (χ2v) is 4.51. The second-order valence-electron chi connectivity index (χ2n) is 4.51. The molecule has 0 bridgehead atoms. The summed E-state index contributed by atoms with van der Waals surface area (Å²) < 4.78 is 5.15. The third kappa shape index (κ3) is 2.97. The van der Waals surface area contributed by atoms with Gasteiger partial charge in [0.25, 0.3) is 0 Å². The summed E-state index contributed by atoms with van der Waals surface area (Å²) >= 11 is 0. The third-order valence-electron chi connectivity index (χ3n) is 2.89. The first-order valence-electron chi connectivity index (χ1n) is 6.49. The maximum Gasteiger partial charge on any atom is 0.365 e. The van der Waals surface area contributed by atoms with E-state index in [1.54, 1.807) is 0 Å². The van der Waals surface area contributed by atoms with E-state index < -0.39 is 5.97 Å². The van der Waals surface area contributed by atoms with Crippen LogP contribution in [0, 0.1) is 6.92 Å². The quantitative estimate of drug-likeness (QED) is 0.693. The Labute approximate surface area is 122 Å². The normalized spacial score (nSPS) is 15.8. The van der Waals surface area contributed by atoms with Crippen molar-refractivity contribution in [3.8, 4) is 0 Å². The topological polar surface area (TPSA) is 63.6 Å². The largest absolute Gasteiger partial charge is 0.402 e.